The first-order chi connectivity index (χ1) is 15.2. The van der Waals surface area contributed by atoms with Gasteiger partial charge in [-0.3, -0.25) is 14.3 Å². The predicted molar refractivity (Wildman–Crippen MR) is 120 cm³/mol. The molecule has 0 spiro atoms. The van der Waals surface area contributed by atoms with Gasteiger partial charge in [-0.2, -0.15) is 5.10 Å². The fourth-order valence-corrected chi connectivity index (χ4v) is 4.89. The highest BCUT2D eigenvalue weighted by atomic mass is 32.1. The molecule has 0 aliphatic carbocycles. The van der Waals surface area contributed by atoms with Gasteiger partial charge in [0.15, 0.2) is 0 Å². The molecular formula is C23H23N5O2S. The minimum absolute atomic E-state index is 0.0237. The molecular weight excluding hydrogens is 410 g/mol. The molecule has 1 aromatic carbocycles. The lowest BCUT2D eigenvalue weighted by atomic mass is 10.1. The summed E-state index contributed by atoms with van der Waals surface area (Å²) < 4.78 is 1.89. The minimum atomic E-state index is -0.186. The van der Waals surface area contributed by atoms with Crippen LogP contribution in [0.2, 0.25) is 0 Å². The van der Waals surface area contributed by atoms with E-state index in [0.29, 0.717) is 25.2 Å². The number of H-pyrrole nitrogens is 1. The maximum Gasteiger partial charge on any atom is 0.256 e. The highest BCUT2D eigenvalue weighted by molar-refractivity contribution is 7.09. The highest BCUT2D eigenvalue weighted by Gasteiger charge is 2.31. The molecule has 0 unspecified atom stereocenters. The molecule has 4 aromatic rings. The monoisotopic (exact) mass is 433 g/mol. The van der Waals surface area contributed by atoms with E-state index in [1.165, 1.54) is 4.88 Å². The summed E-state index contributed by atoms with van der Waals surface area (Å²) >= 11 is 1.69. The first-order valence-electron chi connectivity index (χ1n) is 10.4. The largest absolute Gasteiger partial charge is 0.360 e. The Balaban J connectivity index is 1.28. The van der Waals surface area contributed by atoms with E-state index in [0.717, 1.165) is 23.0 Å². The molecule has 2 amide bonds. The van der Waals surface area contributed by atoms with E-state index in [1.807, 2.05) is 51.4 Å². The molecule has 4 heterocycles. The quantitative estimate of drug-likeness (QED) is 0.489. The zero-order chi connectivity index (χ0) is 21.2. The second-order valence-electron chi connectivity index (χ2n) is 7.74. The van der Waals surface area contributed by atoms with Crippen LogP contribution in [0.4, 0.5) is 0 Å². The van der Waals surface area contributed by atoms with Gasteiger partial charge in [-0.15, -0.1) is 11.3 Å². The van der Waals surface area contributed by atoms with Crippen molar-refractivity contribution in [3.05, 3.63) is 76.4 Å². The van der Waals surface area contributed by atoms with Gasteiger partial charge in [0, 0.05) is 41.3 Å². The number of benzene rings is 1. The maximum atomic E-state index is 13.3. The van der Waals surface area contributed by atoms with Crippen molar-refractivity contribution in [3.63, 3.8) is 0 Å². The van der Waals surface area contributed by atoms with Gasteiger partial charge >= 0.3 is 0 Å². The Bertz CT molecular complexity index is 1210. The van der Waals surface area contributed by atoms with Crippen LogP contribution in [0.1, 0.15) is 33.4 Å². The van der Waals surface area contributed by atoms with Gasteiger partial charge in [0.05, 0.1) is 30.3 Å². The molecule has 31 heavy (non-hydrogen) atoms. The van der Waals surface area contributed by atoms with Gasteiger partial charge in [0.2, 0.25) is 5.91 Å². The van der Waals surface area contributed by atoms with Gasteiger partial charge in [-0.05, 0) is 30.0 Å². The molecule has 1 aliphatic heterocycles. The maximum absolute atomic E-state index is 13.3. The number of nitrogens with one attached hydrogen (secondary N) is 2. The number of thiophene rings is 1. The van der Waals surface area contributed by atoms with E-state index in [4.69, 9.17) is 0 Å². The van der Waals surface area contributed by atoms with Crippen LogP contribution in [0.5, 0.6) is 0 Å². The van der Waals surface area contributed by atoms with Crippen molar-refractivity contribution >= 4 is 34.1 Å². The zero-order valence-corrected chi connectivity index (χ0v) is 17.8. The molecule has 0 saturated carbocycles. The van der Waals surface area contributed by atoms with Crippen LogP contribution in [0.3, 0.4) is 0 Å². The topological polar surface area (TPSA) is 83.0 Å². The molecule has 2 N–H and O–H groups in total. The summed E-state index contributed by atoms with van der Waals surface area (Å²) in [5, 5.41) is 10.4. The molecule has 7 nitrogen and oxygen atoms in total. The number of carbonyl (C=O) groups is 2. The van der Waals surface area contributed by atoms with E-state index in [-0.39, 0.29) is 24.3 Å². The lowest BCUT2D eigenvalue weighted by Crippen LogP contribution is -2.43. The molecule has 3 aromatic heterocycles. The number of hydrogen-bond acceptors (Lipinski definition) is 4. The average Bonchev–Trinajstić information content (AvgIpc) is 3.53. The Morgan fingerprint density at radius 2 is 2.10 bits per heavy atom. The Kier molecular flexibility index (Phi) is 5.30. The van der Waals surface area contributed by atoms with Crippen LogP contribution < -0.4 is 5.32 Å². The highest BCUT2D eigenvalue weighted by Crippen LogP contribution is 2.26. The lowest BCUT2D eigenvalue weighted by Gasteiger charge is -2.33. The predicted octanol–water partition coefficient (Wildman–Crippen LogP) is 3.37. The van der Waals surface area contributed by atoms with Crippen LogP contribution in [-0.4, -0.2) is 44.6 Å². The van der Waals surface area contributed by atoms with Crippen LogP contribution in [-0.2, 0) is 17.8 Å². The third-order valence-electron chi connectivity index (χ3n) is 5.68. The van der Waals surface area contributed by atoms with Crippen molar-refractivity contribution in [1.29, 1.82) is 0 Å². The summed E-state index contributed by atoms with van der Waals surface area (Å²) in [6.45, 7) is 1.54. The molecule has 8 heteroatoms. The normalized spacial score (nSPS) is 15.7. The number of rotatable bonds is 6. The molecule has 158 valence electrons. The lowest BCUT2D eigenvalue weighted by molar-refractivity contribution is -0.122. The van der Waals surface area contributed by atoms with Crippen LogP contribution >= 0.6 is 11.3 Å². The molecule has 0 fully saturated rings. The summed E-state index contributed by atoms with van der Waals surface area (Å²) in [6, 6.07) is 13.6. The van der Waals surface area contributed by atoms with Gasteiger partial charge in [-0.1, -0.05) is 24.3 Å². The third kappa shape index (κ3) is 3.98. The first kappa shape index (κ1) is 19.6. The van der Waals surface area contributed by atoms with Crippen molar-refractivity contribution in [2.24, 2.45) is 0 Å². The Morgan fingerprint density at radius 1 is 1.19 bits per heavy atom. The molecule has 0 saturated heterocycles. The SMILES string of the molecule is O=C(C[C@H]1CN(C(=O)c2c[nH]c3ccccc23)Cc2ccnn21)NCCc1cccs1. The number of para-hydroxylation sites is 1. The molecule has 5 rings (SSSR count). The molecule has 0 bridgehead atoms. The van der Waals surface area contributed by atoms with Gasteiger partial charge in [0.25, 0.3) is 5.91 Å². The smallest absolute Gasteiger partial charge is 0.256 e. The van der Waals surface area contributed by atoms with Gasteiger partial charge < -0.3 is 15.2 Å². The van der Waals surface area contributed by atoms with Crippen molar-refractivity contribution in [2.75, 3.05) is 13.1 Å². The molecule has 1 atom stereocenters. The van der Waals surface area contributed by atoms with Crippen LogP contribution in [0.15, 0.2) is 60.2 Å². The number of carbonyl (C=O) groups excluding carboxylic acids is 2. The van der Waals surface area contributed by atoms with Crippen molar-refractivity contribution in [3.8, 4) is 0 Å². The summed E-state index contributed by atoms with van der Waals surface area (Å²) in [7, 11) is 0. The Labute approximate surface area is 183 Å². The van der Waals surface area contributed by atoms with Gasteiger partial charge in [0.1, 0.15) is 0 Å². The summed E-state index contributed by atoms with van der Waals surface area (Å²) in [5.41, 5.74) is 2.54. The van der Waals surface area contributed by atoms with E-state index in [1.54, 1.807) is 23.7 Å². The van der Waals surface area contributed by atoms with Crippen molar-refractivity contribution in [1.82, 2.24) is 25.0 Å². The Hall–Kier alpha value is -3.39. The van der Waals surface area contributed by atoms with E-state index >= 15 is 0 Å². The van der Waals surface area contributed by atoms with Crippen molar-refractivity contribution < 1.29 is 9.59 Å². The third-order valence-corrected chi connectivity index (χ3v) is 6.62. The van der Waals surface area contributed by atoms with Gasteiger partial charge in [-0.25, -0.2) is 0 Å². The summed E-state index contributed by atoms with van der Waals surface area (Å²) in [4.78, 5) is 32.2. The summed E-state index contributed by atoms with van der Waals surface area (Å²) in [5.74, 6) is -0.0580. The standard InChI is InChI=1S/C23H23N5O2S/c29-22(24-9-8-18-4-3-11-31-18)12-17-15-27(14-16-7-10-26-28(16)17)23(30)20-13-25-21-6-2-1-5-19(20)21/h1-7,10-11,13,17,25H,8-9,12,14-15H2,(H,24,29)/t17-/m0/s1. The van der Waals surface area contributed by atoms with Crippen LogP contribution in [0.25, 0.3) is 10.9 Å². The zero-order valence-electron chi connectivity index (χ0n) is 17.0. The fourth-order valence-electron chi connectivity index (χ4n) is 4.18. The minimum Gasteiger partial charge on any atom is -0.360 e. The number of amides is 2. The van der Waals surface area contributed by atoms with E-state index in [9.17, 15) is 9.59 Å². The van der Waals surface area contributed by atoms with E-state index in [2.05, 4.69) is 21.5 Å². The van der Waals surface area contributed by atoms with Crippen molar-refractivity contribution in [2.45, 2.75) is 25.4 Å². The van der Waals surface area contributed by atoms with E-state index < -0.39 is 0 Å². The fraction of sp³-hybridized carbons (Fsp3) is 0.261. The Morgan fingerprint density at radius 3 is 2.97 bits per heavy atom. The summed E-state index contributed by atoms with van der Waals surface area (Å²) in [6.07, 6.45) is 4.62. The number of hydrogen-bond donors (Lipinski definition) is 2. The number of aromatic nitrogens is 3. The number of fused-ring (bicyclic) bond motifs is 2. The second kappa shape index (κ2) is 8.39. The number of nitrogens with zero attached hydrogens (tertiary/aromatic N) is 3. The number of aromatic amines is 1. The second-order valence-corrected chi connectivity index (χ2v) is 8.77. The average molecular weight is 434 g/mol. The van der Waals surface area contributed by atoms with Crippen LogP contribution in [0, 0.1) is 0 Å². The molecule has 1 aliphatic rings. The molecule has 0 radical (unpaired) electrons. The first-order valence-corrected chi connectivity index (χ1v) is 11.2.